The Morgan fingerprint density at radius 2 is 1.76 bits per heavy atom. The van der Waals surface area contributed by atoms with Crippen molar-refractivity contribution >= 4 is 0 Å². The lowest BCUT2D eigenvalue weighted by atomic mass is 9.90. The number of benzene rings is 1. The predicted octanol–water partition coefficient (Wildman–Crippen LogP) is 4.37. The number of rotatable bonds is 11. The van der Waals surface area contributed by atoms with Gasteiger partial charge in [-0.3, -0.25) is 0 Å². The van der Waals surface area contributed by atoms with Crippen LogP contribution in [0.4, 0.5) is 4.39 Å². The van der Waals surface area contributed by atoms with E-state index in [1.165, 1.54) is 44.2 Å². The average Bonchev–Trinajstić information content (AvgIpc) is 2.47. The lowest BCUT2D eigenvalue weighted by molar-refractivity contribution is 0.132. The molecule has 0 aliphatic carbocycles. The van der Waals surface area contributed by atoms with Gasteiger partial charge in [0.1, 0.15) is 5.82 Å². The molecule has 0 aromatic heterocycles. The highest BCUT2D eigenvalue weighted by Gasteiger charge is 2.19. The van der Waals surface area contributed by atoms with Crippen LogP contribution < -0.4 is 5.73 Å². The third-order valence-electron chi connectivity index (χ3n) is 4.10. The van der Waals surface area contributed by atoms with E-state index in [0.29, 0.717) is 6.54 Å². The van der Waals surface area contributed by atoms with Gasteiger partial charge in [-0.1, -0.05) is 64.0 Å². The molecule has 3 N–H and O–H groups in total. The van der Waals surface area contributed by atoms with E-state index in [1.54, 1.807) is 6.07 Å². The largest absolute Gasteiger partial charge is 0.392 e. The maximum absolute atomic E-state index is 13.3. The smallest absolute Gasteiger partial charge is 0.123 e. The van der Waals surface area contributed by atoms with Crippen molar-refractivity contribution in [2.24, 2.45) is 5.73 Å². The van der Waals surface area contributed by atoms with E-state index in [2.05, 4.69) is 6.92 Å². The van der Waals surface area contributed by atoms with Crippen molar-refractivity contribution in [3.05, 3.63) is 35.6 Å². The van der Waals surface area contributed by atoms with Crippen molar-refractivity contribution in [1.82, 2.24) is 0 Å². The number of hydrogen-bond acceptors (Lipinski definition) is 2. The number of halogens is 1. The van der Waals surface area contributed by atoms with Crippen LogP contribution in [0.2, 0.25) is 0 Å². The Balaban J connectivity index is 2.30. The van der Waals surface area contributed by atoms with Crippen LogP contribution in [0.5, 0.6) is 0 Å². The monoisotopic (exact) mass is 295 g/mol. The molecule has 2 atom stereocenters. The van der Waals surface area contributed by atoms with E-state index in [0.717, 1.165) is 24.8 Å². The fourth-order valence-electron chi connectivity index (χ4n) is 2.76. The van der Waals surface area contributed by atoms with Crippen molar-refractivity contribution in [1.29, 1.82) is 0 Å². The first-order valence-electron chi connectivity index (χ1n) is 8.32. The molecule has 0 aliphatic rings. The van der Waals surface area contributed by atoms with Gasteiger partial charge in [-0.25, -0.2) is 4.39 Å². The van der Waals surface area contributed by atoms with Crippen molar-refractivity contribution in [3.8, 4) is 0 Å². The van der Waals surface area contributed by atoms with Crippen LogP contribution in [0.3, 0.4) is 0 Å². The molecule has 0 heterocycles. The van der Waals surface area contributed by atoms with Crippen molar-refractivity contribution in [3.63, 3.8) is 0 Å². The number of aliphatic hydroxyl groups excluding tert-OH is 1. The molecular formula is C18H30FNO. The predicted molar refractivity (Wildman–Crippen MR) is 86.8 cm³/mol. The second kappa shape index (κ2) is 10.7. The maximum atomic E-state index is 13.3. The summed E-state index contributed by atoms with van der Waals surface area (Å²) in [6.07, 6.45) is 8.85. The van der Waals surface area contributed by atoms with E-state index in [9.17, 15) is 9.50 Å². The van der Waals surface area contributed by atoms with Crippen LogP contribution in [0.1, 0.15) is 69.8 Å². The summed E-state index contributed by atoms with van der Waals surface area (Å²) in [5.74, 6) is -0.435. The third-order valence-corrected chi connectivity index (χ3v) is 4.10. The zero-order valence-corrected chi connectivity index (χ0v) is 13.2. The number of unbranched alkanes of at least 4 members (excludes halogenated alkanes) is 6. The minimum Gasteiger partial charge on any atom is -0.392 e. The first-order valence-corrected chi connectivity index (χ1v) is 8.32. The molecule has 0 bridgehead atoms. The summed E-state index contributed by atoms with van der Waals surface area (Å²) in [5.41, 5.74) is 6.56. The van der Waals surface area contributed by atoms with Crippen LogP contribution in [0.15, 0.2) is 24.3 Å². The second-order valence-corrected chi connectivity index (χ2v) is 5.87. The highest BCUT2D eigenvalue weighted by atomic mass is 19.1. The molecular weight excluding hydrogens is 265 g/mol. The van der Waals surface area contributed by atoms with Gasteiger partial charge >= 0.3 is 0 Å². The molecule has 3 heteroatoms. The van der Waals surface area contributed by atoms with Crippen molar-refractivity contribution in [2.45, 2.75) is 70.3 Å². The molecule has 120 valence electrons. The van der Waals surface area contributed by atoms with Gasteiger partial charge in [0.15, 0.2) is 0 Å². The summed E-state index contributed by atoms with van der Waals surface area (Å²) < 4.78 is 13.3. The topological polar surface area (TPSA) is 46.2 Å². The van der Waals surface area contributed by atoms with Gasteiger partial charge in [0.2, 0.25) is 0 Å². The van der Waals surface area contributed by atoms with E-state index in [4.69, 9.17) is 5.73 Å². The zero-order chi connectivity index (χ0) is 15.5. The maximum Gasteiger partial charge on any atom is 0.123 e. The molecule has 2 unspecified atom stereocenters. The standard InChI is InChI=1S/C18H30FNO/c1-2-3-4-5-6-7-8-12-18(21)17(14-20)15-10-9-11-16(19)13-15/h9-11,13,17-18,21H,2-8,12,14,20H2,1H3. The number of aliphatic hydroxyl groups is 1. The lowest BCUT2D eigenvalue weighted by Crippen LogP contribution is -2.26. The Hall–Kier alpha value is -0.930. The van der Waals surface area contributed by atoms with Gasteiger partial charge in [0.05, 0.1) is 6.10 Å². The van der Waals surface area contributed by atoms with Crippen LogP contribution in [0, 0.1) is 5.82 Å². The SMILES string of the molecule is CCCCCCCCCC(O)C(CN)c1cccc(F)c1. The summed E-state index contributed by atoms with van der Waals surface area (Å²) in [4.78, 5) is 0. The molecule has 21 heavy (non-hydrogen) atoms. The lowest BCUT2D eigenvalue weighted by Gasteiger charge is -2.22. The Bertz CT molecular complexity index is 383. The van der Waals surface area contributed by atoms with E-state index in [-0.39, 0.29) is 11.7 Å². The second-order valence-electron chi connectivity index (χ2n) is 5.87. The summed E-state index contributed by atoms with van der Waals surface area (Å²) in [5, 5.41) is 10.3. The minimum atomic E-state index is -0.479. The van der Waals surface area contributed by atoms with Gasteiger partial charge in [-0.2, -0.15) is 0 Å². The summed E-state index contributed by atoms with van der Waals surface area (Å²) in [6.45, 7) is 2.57. The Kier molecular flexibility index (Phi) is 9.27. The molecule has 0 amide bonds. The molecule has 1 aromatic carbocycles. The molecule has 0 fully saturated rings. The van der Waals surface area contributed by atoms with Crippen molar-refractivity contribution in [2.75, 3.05) is 6.54 Å². The molecule has 1 rings (SSSR count). The Labute approximate surface area is 128 Å². The van der Waals surface area contributed by atoms with E-state index in [1.807, 2.05) is 6.07 Å². The van der Waals surface area contributed by atoms with E-state index < -0.39 is 6.10 Å². The highest BCUT2D eigenvalue weighted by Crippen LogP contribution is 2.23. The summed E-state index contributed by atoms with van der Waals surface area (Å²) in [6, 6.07) is 6.41. The Morgan fingerprint density at radius 3 is 2.38 bits per heavy atom. The zero-order valence-electron chi connectivity index (χ0n) is 13.2. The van der Waals surface area contributed by atoms with Gasteiger partial charge in [-0.15, -0.1) is 0 Å². The molecule has 0 radical (unpaired) electrons. The molecule has 1 aromatic rings. The summed E-state index contributed by atoms with van der Waals surface area (Å²) in [7, 11) is 0. The van der Waals surface area contributed by atoms with Crippen LogP contribution in [0.25, 0.3) is 0 Å². The quantitative estimate of drug-likeness (QED) is 0.595. The highest BCUT2D eigenvalue weighted by molar-refractivity contribution is 5.22. The van der Waals surface area contributed by atoms with Gasteiger partial charge in [0, 0.05) is 12.5 Å². The van der Waals surface area contributed by atoms with Crippen LogP contribution in [-0.2, 0) is 0 Å². The number of hydrogen-bond donors (Lipinski definition) is 2. The third kappa shape index (κ3) is 7.05. The first-order chi connectivity index (χ1) is 10.2. The normalized spacial score (nSPS) is 14.1. The molecule has 0 saturated heterocycles. The average molecular weight is 295 g/mol. The molecule has 0 aliphatic heterocycles. The van der Waals surface area contributed by atoms with Gasteiger partial charge in [-0.05, 0) is 24.1 Å². The summed E-state index contributed by atoms with van der Waals surface area (Å²) >= 11 is 0. The fourth-order valence-corrected chi connectivity index (χ4v) is 2.76. The van der Waals surface area contributed by atoms with Crippen LogP contribution in [-0.4, -0.2) is 17.8 Å². The Morgan fingerprint density at radius 1 is 1.10 bits per heavy atom. The number of nitrogens with two attached hydrogens (primary N) is 1. The van der Waals surface area contributed by atoms with Gasteiger partial charge < -0.3 is 10.8 Å². The fraction of sp³-hybridized carbons (Fsp3) is 0.667. The molecule has 0 saturated carbocycles. The van der Waals surface area contributed by atoms with Crippen molar-refractivity contribution < 1.29 is 9.50 Å². The van der Waals surface area contributed by atoms with Gasteiger partial charge in [0.25, 0.3) is 0 Å². The minimum absolute atomic E-state index is 0.166. The van der Waals surface area contributed by atoms with Crippen LogP contribution >= 0.6 is 0 Å². The molecule has 0 spiro atoms. The van der Waals surface area contributed by atoms with E-state index >= 15 is 0 Å². The molecule has 2 nitrogen and oxygen atoms in total. The first kappa shape index (κ1) is 18.1.